The molecule has 0 aliphatic heterocycles. The highest BCUT2D eigenvalue weighted by Gasteiger charge is 2.19. The Balaban J connectivity index is 2.51. The Bertz CT molecular complexity index is 394. The van der Waals surface area contributed by atoms with E-state index in [0.717, 1.165) is 0 Å². The van der Waals surface area contributed by atoms with Crippen LogP contribution in [0.2, 0.25) is 0 Å². The van der Waals surface area contributed by atoms with Gasteiger partial charge in [0.25, 0.3) is 0 Å². The number of aliphatic hydroxyl groups is 1. The standard InChI is InChI=1S/C12H15NO3S/c1-8(12(15)16)5-6-10(14)11(17)9-4-2-3-7-13-9/h2-4,7,10-11,14,17H,1,5-6H2,(H,15,16). The second-order valence-electron chi connectivity index (χ2n) is 3.71. The number of carboxylic acid groups (broad SMARTS) is 1. The number of aliphatic hydroxyl groups excluding tert-OH is 1. The molecular weight excluding hydrogens is 238 g/mol. The molecule has 2 N–H and O–H groups in total. The Morgan fingerprint density at radius 2 is 2.24 bits per heavy atom. The van der Waals surface area contributed by atoms with E-state index in [2.05, 4.69) is 24.2 Å². The van der Waals surface area contributed by atoms with Crippen molar-refractivity contribution in [2.45, 2.75) is 24.2 Å². The van der Waals surface area contributed by atoms with E-state index in [1.165, 1.54) is 0 Å². The van der Waals surface area contributed by atoms with E-state index >= 15 is 0 Å². The van der Waals surface area contributed by atoms with Gasteiger partial charge in [0.2, 0.25) is 0 Å². The number of carboxylic acids is 1. The third-order valence-electron chi connectivity index (χ3n) is 2.40. The molecule has 2 atom stereocenters. The molecule has 0 saturated carbocycles. The Morgan fingerprint density at radius 1 is 1.53 bits per heavy atom. The smallest absolute Gasteiger partial charge is 0.330 e. The Labute approximate surface area is 105 Å². The van der Waals surface area contributed by atoms with E-state index in [1.807, 2.05) is 6.07 Å². The van der Waals surface area contributed by atoms with Gasteiger partial charge in [-0.15, -0.1) is 0 Å². The van der Waals surface area contributed by atoms with Crippen molar-refractivity contribution < 1.29 is 15.0 Å². The van der Waals surface area contributed by atoms with Gasteiger partial charge < -0.3 is 10.2 Å². The van der Waals surface area contributed by atoms with Gasteiger partial charge in [-0.3, -0.25) is 4.98 Å². The molecule has 17 heavy (non-hydrogen) atoms. The molecule has 0 aromatic carbocycles. The van der Waals surface area contributed by atoms with Crippen LogP contribution < -0.4 is 0 Å². The molecule has 1 rings (SSSR count). The third kappa shape index (κ3) is 4.20. The van der Waals surface area contributed by atoms with Gasteiger partial charge in [-0.25, -0.2) is 4.79 Å². The van der Waals surface area contributed by atoms with Crippen LogP contribution in [0.15, 0.2) is 36.5 Å². The fraction of sp³-hybridized carbons (Fsp3) is 0.333. The zero-order chi connectivity index (χ0) is 12.8. The van der Waals surface area contributed by atoms with E-state index in [0.29, 0.717) is 12.1 Å². The Hall–Kier alpha value is -1.33. The van der Waals surface area contributed by atoms with Gasteiger partial charge in [-0.05, 0) is 25.0 Å². The van der Waals surface area contributed by atoms with Crippen molar-refractivity contribution in [2.75, 3.05) is 0 Å². The van der Waals surface area contributed by atoms with Crippen molar-refractivity contribution in [3.8, 4) is 0 Å². The summed E-state index contributed by atoms with van der Waals surface area (Å²) in [6.45, 7) is 3.41. The van der Waals surface area contributed by atoms with E-state index in [1.54, 1.807) is 18.3 Å². The molecule has 0 radical (unpaired) electrons. The molecule has 1 heterocycles. The van der Waals surface area contributed by atoms with E-state index in [-0.39, 0.29) is 12.0 Å². The molecule has 2 unspecified atom stereocenters. The maximum absolute atomic E-state index is 10.5. The molecule has 0 fully saturated rings. The summed E-state index contributed by atoms with van der Waals surface area (Å²) in [7, 11) is 0. The predicted molar refractivity (Wildman–Crippen MR) is 68.0 cm³/mol. The van der Waals surface area contributed by atoms with E-state index < -0.39 is 17.3 Å². The Kier molecular flexibility index (Phi) is 5.18. The first kappa shape index (κ1) is 13.7. The van der Waals surface area contributed by atoms with Crippen LogP contribution in [-0.4, -0.2) is 27.3 Å². The average molecular weight is 253 g/mol. The van der Waals surface area contributed by atoms with Crippen LogP contribution in [0, 0.1) is 0 Å². The summed E-state index contributed by atoms with van der Waals surface area (Å²) < 4.78 is 0. The fourth-order valence-corrected chi connectivity index (χ4v) is 1.64. The zero-order valence-electron chi connectivity index (χ0n) is 9.28. The number of aliphatic carboxylic acids is 1. The number of hydrogen-bond acceptors (Lipinski definition) is 4. The highest BCUT2D eigenvalue weighted by Crippen LogP contribution is 2.25. The van der Waals surface area contributed by atoms with Gasteiger partial charge in [0, 0.05) is 11.8 Å². The molecule has 0 spiro atoms. The highest BCUT2D eigenvalue weighted by molar-refractivity contribution is 7.80. The maximum atomic E-state index is 10.5. The lowest BCUT2D eigenvalue weighted by Crippen LogP contribution is -2.16. The van der Waals surface area contributed by atoms with Crippen molar-refractivity contribution in [1.82, 2.24) is 4.98 Å². The first-order valence-electron chi connectivity index (χ1n) is 5.20. The maximum Gasteiger partial charge on any atom is 0.330 e. The van der Waals surface area contributed by atoms with Crippen molar-refractivity contribution in [3.05, 3.63) is 42.2 Å². The van der Waals surface area contributed by atoms with Crippen LogP contribution in [0.3, 0.4) is 0 Å². The number of pyridine rings is 1. The lowest BCUT2D eigenvalue weighted by Gasteiger charge is -2.17. The number of rotatable bonds is 6. The summed E-state index contributed by atoms with van der Waals surface area (Å²) in [5.41, 5.74) is 0.759. The zero-order valence-corrected chi connectivity index (χ0v) is 10.2. The predicted octanol–water partition coefficient (Wildman–Crippen LogP) is 1.83. The minimum Gasteiger partial charge on any atom is -0.478 e. The number of hydrogen-bond donors (Lipinski definition) is 3. The normalized spacial score (nSPS) is 14.0. The molecule has 0 aliphatic rings. The first-order valence-corrected chi connectivity index (χ1v) is 5.72. The van der Waals surface area contributed by atoms with Crippen LogP contribution in [0.5, 0.6) is 0 Å². The second kappa shape index (κ2) is 6.42. The molecule has 0 saturated heterocycles. The van der Waals surface area contributed by atoms with Crippen LogP contribution >= 0.6 is 12.6 Å². The molecule has 4 nitrogen and oxygen atoms in total. The SMILES string of the molecule is C=C(CCC(O)C(S)c1ccccn1)C(=O)O. The molecule has 92 valence electrons. The summed E-state index contributed by atoms with van der Waals surface area (Å²) in [4.78, 5) is 14.6. The molecule has 0 amide bonds. The monoisotopic (exact) mass is 253 g/mol. The number of aromatic nitrogens is 1. The summed E-state index contributed by atoms with van der Waals surface area (Å²) >= 11 is 4.28. The minimum absolute atomic E-state index is 0.0885. The summed E-state index contributed by atoms with van der Waals surface area (Å²) in [5.74, 6) is -1.04. The minimum atomic E-state index is -1.04. The molecule has 0 bridgehead atoms. The Morgan fingerprint density at radius 3 is 2.76 bits per heavy atom. The molecule has 0 aliphatic carbocycles. The topological polar surface area (TPSA) is 70.4 Å². The van der Waals surface area contributed by atoms with Gasteiger partial charge in [-0.2, -0.15) is 12.6 Å². The van der Waals surface area contributed by atoms with Crippen LogP contribution in [-0.2, 0) is 4.79 Å². The average Bonchev–Trinajstić information content (AvgIpc) is 2.35. The molecule has 5 heteroatoms. The van der Waals surface area contributed by atoms with Crippen LogP contribution in [0.25, 0.3) is 0 Å². The molecular formula is C12H15NO3S. The van der Waals surface area contributed by atoms with Gasteiger partial charge >= 0.3 is 5.97 Å². The number of thiol groups is 1. The number of nitrogens with zero attached hydrogens (tertiary/aromatic N) is 1. The van der Waals surface area contributed by atoms with Crippen LogP contribution in [0.1, 0.15) is 23.8 Å². The van der Waals surface area contributed by atoms with Gasteiger partial charge in [0.15, 0.2) is 0 Å². The first-order chi connectivity index (χ1) is 8.02. The van der Waals surface area contributed by atoms with Gasteiger partial charge in [-0.1, -0.05) is 12.6 Å². The van der Waals surface area contributed by atoms with Crippen LogP contribution in [0.4, 0.5) is 0 Å². The molecule has 1 aromatic rings. The van der Waals surface area contributed by atoms with Crippen molar-refractivity contribution >= 4 is 18.6 Å². The lowest BCUT2D eigenvalue weighted by molar-refractivity contribution is -0.132. The van der Waals surface area contributed by atoms with Gasteiger partial charge in [0.1, 0.15) is 0 Å². The quantitative estimate of drug-likeness (QED) is 0.534. The van der Waals surface area contributed by atoms with E-state index in [4.69, 9.17) is 5.11 Å². The largest absolute Gasteiger partial charge is 0.478 e. The third-order valence-corrected chi connectivity index (χ3v) is 3.01. The summed E-state index contributed by atoms with van der Waals surface area (Å²) in [5, 5.41) is 18.1. The van der Waals surface area contributed by atoms with E-state index in [9.17, 15) is 9.90 Å². The number of carbonyl (C=O) groups is 1. The summed E-state index contributed by atoms with van der Waals surface area (Å²) in [6, 6.07) is 5.37. The van der Waals surface area contributed by atoms with Gasteiger partial charge in [0.05, 0.1) is 17.0 Å². The summed E-state index contributed by atoms with van der Waals surface area (Å²) in [6.07, 6.45) is 1.42. The molecule has 1 aromatic heterocycles. The van der Waals surface area contributed by atoms with Crippen molar-refractivity contribution in [1.29, 1.82) is 0 Å². The van der Waals surface area contributed by atoms with Crippen molar-refractivity contribution in [3.63, 3.8) is 0 Å². The second-order valence-corrected chi connectivity index (χ2v) is 4.27. The van der Waals surface area contributed by atoms with Crippen molar-refractivity contribution in [2.24, 2.45) is 0 Å². The fourth-order valence-electron chi connectivity index (χ4n) is 1.33. The highest BCUT2D eigenvalue weighted by atomic mass is 32.1. The lowest BCUT2D eigenvalue weighted by atomic mass is 10.0.